The lowest BCUT2D eigenvalue weighted by atomic mass is 10.1. The number of para-hydroxylation sites is 1. The molecule has 1 fully saturated rings. The molecule has 0 atom stereocenters. The number of nitrogens with one attached hydrogen (secondary N) is 3. The van der Waals surface area contributed by atoms with Gasteiger partial charge in [0, 0.05) is 35.7 Å². The molecule has 10 heteroatoms. The van der Waals surface area contributed by atoms with E-state index in [2.05, 4.69) is 32.5 Å². The molecule has 0 radical (unpaired) electrons. The number of anilines is 6. The molecular formula is C29H26F2N6O2. The number of amides is 1. The SMILES string of the molecule is C=CC(=O)Nc1cc(F)cc(-c2nc(Nc3ccc(F)c(N4CCOCC4)c3)ncc2Nc2ccccc2)c1. The molecule has 1 amide bonds. The van der Waals surface area contributed by atoms with E-state index in [1.54, 1.807) is 24.4 Å². The first-order valence-corrected chi connectivity index (χ1v) is 12.3. The molecule has 39 heavy (non-hydrogen) atoms. The zero-order valence-corrected chi connectivity index (χ0v) is 21.0. The summed E-state index contributed by atoms with van der Waals surface area (Å²) in [5.41, 5.74) is 3.40. The van der Waals surface area contributed by atoms with E-state index in [1.165, 1.54) is 18.2 Å². The highest BCUT2D eigenvalue weighted by Gasteiger charge is 2.17. The van der Waals surface area contributed by atoms with Crippen molar-refractivity contribution in [2.75, 3.05) is 47.2 Å². The van der Waals surface area contributed by atoms with Crippen LogP contribution in [-0.2, 0) is 9.53 Å². The molecule has 0 aliphatic carbocycles. The standard InChI is InChI=1S/C29H26F2N6O2/c1-2-27(38)34-23-15-19(14-20(30)16-23)28-25(33-21-6-4-3-5-7-21)18-32-29(36-28)35-22-8-9-24(31)26(17-22)37-10-12-39-13-11-37/h2-9,14-18,33H,1,10-13H2,(H,34,38)(H,32,35,36). The van der Waals surface area contributed by atoms with Crippen molar-refractivity contribution >= 4 is 40.3 Å². The third kappa shape index (κ3) is 6.36. The third-order valence-corrected chi connectivity index (χ3v) is 6.02. The summed E-state index contributed by atoms with van der Waals surface area (Å²) in [6, 6.07) is 18.2. The average Bonchev–Trinajstić information content (AvgIpc) is 2.95. The molecule has 4 aromatic rings. The monoisotopic (exact) mass is 528 g/mol. The quantitative estimate of drug-likeness (QED) is 0.246. The second-order valence-electron chi connectivity index (χ2n) is 8.76. The molecule has 3 aromatic carbocycles. The van der Waals surface area contributed by atoms with Crippen LogP contribution in [0.2, 0.25) is 0 Å². The summed E-state index contributed by atoms with van der Waals surface area (Å²) in [6.45, 7) is 5.67. The average molecular weight is 529 g/mol. The van der Waals surface area contributed by atoms with Crippen molar-refractivity contribution in [1.29, 1.82) is 0 Å². The normalized spacial score (nSPS) is 13.0. The van der Waals surface area contributed by atoms with Gasteiger partial charge in [0.15, 0.2) is 0 Å². The Labute approximate surface area is 224 Å². The van der Waals surface area contributed by atoms with Crippen LogP contribution in [0.1, 0.15) is 0 Å². The van der Waals surface area contributed by atoms with Gasteiger partial charge >= 0.3 is 0 Å². The van der Waals surface area contributed by atoms with Crippen LogP contribution in [0.15, 0.2) is 85.6 Å². The smallest absolute Gasteiger partial charge is 0.247 e. The Balaban J connectivity index is 1.51. The molecule has 1 aliphatic rings. The van der Waals surface area contributed by atoms with Crippen LogP contribution in [0.5, 0.6) is 0 Å². The predicted molar refractivity (Wildman–Crippen MR) is 149 cm³/mol. The van der Waals surface area contributed by atoms with Gasteiger partial charge in [-0.1, -0.05) is 24.8 Å². The highest BCUT2D eigenvalue weighted by Crippen LogP contribution is 2.33. The molecule has 1 aromatic heterocycles. The summed E-state index contributed by atoms with van der Waals surface area (Å²) in [7, 11) is 0. The molecule has 3 N–H and O–H groups in total. The Morgan fingerprint density at radius 3 is 2.51 bits per heavy atom. The van der Waals surface area contributed by atoms with Crippen molar-refractivity contribution in [2.45, 2.75) is 0 Å². The second-order valence-corrected chi connectivity index (χ2v) is 8.76. The molecule has 5 rings (SSSR count). The van der Waals surface area contributed by atoms with Gasteiger partial charge in [0.05, 0.1) is 36.5 Å². The summed E-state index contributed by atoms with van der Waals surface area (Å²) in [5.74, 6) is -1.13. The number of morpholine rings is 1. The topological polar surface area (TPSA) is 91.4 Å². The fraction of sp³-hybridized carbons (Fsp3) is 0.138. The number of hydrogen-bond donors (Lipinski definition) is 3. The van der Waals surface area contributed by atoms with Gasteiger partial charge in [0.25, 0.3) is 0 Å². The first kappa shape index (κ1) is 25.8. The van der Waals surface area contributed by atoms with Gasteiger partial charge in [-0.25, -0.2) is 18.7 Å². The zero-order chi connectivity index (χ0) is 27.2. The minimum Gasteiger partial charge on any atom is -0.378 e. The largest absolute Gasteiger partial charge is 0.378 e. The zero-order valence-electron chi connectivity index (χ0n) is 21.0. The van der Waals surface area contributed by atoms with Crippen molar-refractivity contribution in [3.8, 4) is 11.3 Å². The van der Waals surface area contributed by atoms with Crippen LogP contribution in [0, 0.1) is 11.6 Å². The van der Waals surface area contributed by atoms with E-state index in [4.69, 9.17) is 4.74 Å². The molecule has 8 nitrogen and oxygen atoms in total. The van der Waals surface area contributed by atoms with E-state index in [0.29, 0.717) is 54.6 Å². The lowest BCUT2D eigenvalue weighted by Gasteiger charge is -2.29. The maximum Gasteiger partial charge on any atom is 0.247 e. The number of aromatic nitrogens is 2. The number of benzene rings is 3. The first-order chi connectivity index (χ1) is 19.0. The van der Waals surface area contributed by atoms with Gasteiger partial charge in [-0.2, -0.15) is 0 Å². The van der Waals surface area contributed by atoms with Crippen molar-refractivity contribution in [1.82, 2.24) is 9.97 Å². The van der Waals surface area contributed by atoms with Crippen molar-refractivity contribution < 1.29 is 18.3 Å². The van der Waals surface area contributed by atoms with Gasteiger partial charge in [-0.15, -0.1) is 0 Å². The predicted octanol–water partition coefficient (Wildman–Crippen LogP) is 5.87. The molecule has 0 bridgehead atoms. The van der Waals surface area contributed by atoms with Crippen LogP contribution in [0.25, 0.3) is 11.3 Å². The number of hydrogen-bond acceptors (Lipinski definition) is 7. The van der Waals surface area contributed by atoms with Crippen LogP contribution in [-0.4, -0.2) is 42.2 Å². The fourth-order valence-electron chi connectivity index (χ4n) is 4.19. The second kappa shape index (κ2) is 11.7. The van der Waals surface area contributed by atoms with E-state index in [1.807, 2.05) is 35.2 Å². The van der Waals surface area contributed by atoms with Crippen molar-refractivity contribution in [3.63, 3.8) is 0 Å². The van der Waals surface area contributed by atoms with Gasteiger partial charge in [-0.05, 0) is 54.6 Å². The van der Waals surface area contributed by atoms with Gasteiger partial charge in [0.1, 0.15) is 11.6 Å². The minimum absolute atomic E-state index is 0.226. The lowest BCUT2D eigenvalue weighted by Crippen LogP contribution is -2.36. The summed E-state index contributed by atoms with van der Waals surface area (Å²) in [6.07, 6.45) is 2.69. The maximum atomic E-state index is 14.6. The molecule has 1 saturated heterocycles. The van der Waals surface area contributed by atoms with E-state index in [0.717, 1.165) is 11.8 Å². The number of ether oxygens (including phenoxy) is 1. The number of rotatable bonds is 8. The molecule has 0 unspecified atom stereocenters. The Hall–Kier alpha value is -4.83. The molecule has 198 valence electrons. The highest BCUT2D eigenvalue weighted by atomic mass is 19.1. The third-order valence-electron chi connectivity index (χ3n) is 6.02. The van der Waals surface area contributed by atoms with Crippen LogP contribution < -0.4 is 20.9 Å². The van der Waals surface area contributed by atoms with Crippen LogP contribution in [0.3, 0.4) is 0 Å². The van der Waals surface area contributed by atoms with E-state index >= 15 is 0 Å². The van der Waals surface area contributed by atoms with E-state index in [9.17, 15) is 13.6 Å². The molecule has 1 aliphatic heterocycles. The molecule has 2 heterocycles. The Morgan fingerprint density at radius 1 is 0.949 bits per heavy atom. The highest BCUT2D eigenvalue weighted by molar-refractivity contribution is 5.99. The number of nitrogens with zero attached hydrogens (tertiary/aromatic N) is 3. The fourth-order valence-corrected chi connectivity index (χ4v) is 4.19. The number of carbonyl (C=O) groups is 1. The minimum atomic E-state index is -0.556. The van der Waals surface area contributed by atoms with E-state index < -0.39 is 11.7 Å². The summed E-state index contributed by atoms with van der Waals surface area (Å²) in [4.78, 5) is 22.9. The molecule has 0 saturated carbocycles. The Bertz CT molecular complexity index is 1490. The summed E-state index contributed by atoms with van der Waals surface area (Å²) >= 11 is 0. The molecular weight excluding hydrogens is 502 g/mol. The van der Waals surface area contributed by atoms with Gasteiger partial charge < -0.3 is 25.6 Å². The lowest BCUT2D eigenvalue weighted by molar-refractivity contribution is -0.111. The van der Waals surface area contributed by atoms with E-state index in [-0.39, 0.29) is 17.5 Å². The van der Waals surface area contributed by atoms with Crippen molar-refractivity contribution in [2.24, 2.45) is 0 Å². The Kier molecular flexibility index (Phi) is 7.74. The summed E-state index contributed by atoms with van der Waals surface area (Å²) < 4.78 is 34.6. The number of halogens is 2. The van der Waals surface area contributed by atoms with Crippen molar-refractivity contribution in [3.05, 3.63) is 97.2 Å². The van der Waals surface area contributed by atoms with Crippen LogP contribution in [0.4, 0.5) is 43.2 Å². The summed E-state index contributed by atoms with van der Waals surface area (Å²) in [5, 5.41) is 8.98. The molecule has 0 spiro atoms. The Morgan fingerprint density at radius 2 is 1.74 bits per heavy atom. The first-order valence-electron chi connectivity index (χ1n) is 12.3. The number of carbonyl (C=O) groups excluding carboxylic acids is 1. The maximum absolute atomic E-state index is 14.6. The van der Waals surface area contributed by atoms with Crippen LogP contribution >= 0.6 is 0 Å². The van der Waals surface area contributed by atoms with Gasteiger partial charge in [0.2, 0.25) is 11.9 Å². The van der Waals surface area contributed by atoms with Gasteiger partial charge in [-0.3, -0.25) is 4.79 Å².